The fourth-order valence-electron chi connectivity index (χ4n) is 1.69. The minimum atomic E-state index is -0.600. The van der Waals surface area contributed by atoms with E-state index in [0.29, 0.717) is 11.3 Å². The van der Waals surface area contributed by atoms with E-state index in [0.717, 1.165) is 10.2 Å². The Hall–Kier alpha value is -2.50. The molecule has 1 aromatic heterocycles. The van der Waals surface area contributed by atoms with Crippen LogP contribution in [0.1, 0.15) is 20.8 Å². The lowest BCUT2D eigenvalue weighted by atomic mass is 10.1. The average Bonchev–Trinajstić information content (AvgIpc) is 2.70. The molecule has 6 nitrogen and oxygen atoms in total. The summed E-state index contributed by atoms with van der Waals surface area (Å²) >= 11 is 0. The lowest BCUT2D eigenvalue weighted by Crippen LogP contribution is -2.28. The second-order valence-electron chi connectivity index (χ2n) is 5.46. The zero-order chi connectivity index (χ0) is 14.9. The van der Waals surface area contributed by atoms with Gasteiger partial charge in [0, 0.05) is 11.3 Å². The second kappa shape index (κ2) is 4.88. The molecule has 0 aliphatic heterocycles. The van der Waals surface area contributed by atoms with Crippen molar-refractivity contribution in [3.63, 3.8) is 0 Å². The first-order valence-electron chi connectivity index (χ1n) is 6.21. The van der Waals surface area contributed by atoms with E-state index in [2.05, 4.69) is 5.10 Å². The molecule has 1 heterocycles. The highest BCUT2D eigenvalue weighted by molar-refractivity contribution is 5.82. The molecule has 0 unspecified atom stereocenters. The van der Waals surface area contributed by atoms with E-state index in [1.807, 2.05) is 12.1 Å². The van der Waals surface area contributed by atoms with Crippen molar-refractivity contribution in [1.29, 1.82) is 0 Å². The monoisotopic (exact) mass is 274 g/mol. The van der Waals surface area contributed by atoms with Gasteiger partial charge in [0.1, 0.15) is 11.4 Å². The summed E-state index contributed by atoms with van der Waals surface area (Å²) in [7, 11) is 0. The summed E-state index contributed by atoms with van der Waals surface area (Å²) in [4.78, 5) is 12.0. The van der Waals surface area contributed by atoms with Crippen LogP contribution in [-0.2, 0) is 4.74 Å². The van der Waals surface area contributed by atoms with Gasteiger partial charge in [0.05, 0.1) is 6.20 Å². The molecule has 0 aliphatic rings. The van der Waals surface area contributed by atoms with Crippen LogP contribution in [0.25, 0.3) is 11.1 Å². The maximum atomic E-state index is 12.0. The Balaban J connectivity index is 2.32. The summed E-state index contributed by atoms with van der Waals surface area (Å²) in [5.74, 6) is 0.240. The average molecular weight is 274 g/mol. The van der Waals surface area contributed by atoms with Crippen LogP contribution < -0.4 is 11.5 Å². The van der Waals surface area contributed by atoms with Gasteiger partial charge in [0.2, 0.25) is 0 Å². The predicted octanol–water partition coefficient (Wildman–Crippen LogP) is 2.50. The summed E-state index contributed by atoms with van der Waals surface area (Å²) in [5, 5.41) is 3.98. The van der Waals surface area contributed by atoms with E-state index >= 15 is 0 Å². The Morgan fingerprint density at radius 3 is 2.35 bits per heavy atom. The lowest BCUT2D eigenvalue weighted by molar-refractivity contribution is 0.0519. The molecule has 20 heavy (non-hydrogen) atoms. The third-order valence-corrected chi connectivity index (χ3v) is 2.59. The number of hydrogen-bond acceptors (Lipinski definition) is 5. The zero-order valence-electron chi connectivity index (χ0n) is 11.8. The standard InChI is InChI=1S/C14H18N4O2/c1-14(2,3)20-13(19)18-12(16)11(8-17-18)9-4-6-10(15)7-5-9/h4-8H,15-16H2,1-3H3. The molecule has 0 saturated carbocycles. The fourth-order valence-corrected chi connectivity index (χ4v) is 1.69. The van der Waals surface area contributed by atoms with Gasteiger partial charge in [-0.15, -0.1) is 4.68 Å². The van der Waals surface area contributed by atoms with E-state index in [-0.39, 0.29) is 5.82 Å². The number of nitrogens with two attached hydrogens (primary N) is 2. The molecular weight excluding hydrogens is 256 g/mol. The Bertz CT molecular complexity index is 624. The van der Waals surface area contributed by atoms with Gasteiger partial charge in [-0.05, 0) is 38.5 Å². The number of nitrogen functional groups attached to an aromatic ring is 2. The van der Waals surface area contributed by atoms with E-state index in [9.17, 15) is 4.79 Å². The summed E-state index contributed by atoms with van der Waals surface area (Å²) in [6, 6.07) is 7.17. The molecule has 0 radical (unpaired) electrons. The van der Waals surface area contributed by atoms with Crippen molar-refractivity contribution in [2.24, 2.45) is 0 Å². The van der Waals surface area contributed by atoms with E-state index < -0.39 is 11.7 Å². The van der Waals surface area contributed by atoms with Gasteiger partial charge in [-0.1, -0.05) is 12.1 Å². The Morgan fingerprint density at radius 2 is 1.80 bits per heavy atom. The number of carbonyl (C=O) groups is 1. The molecule has 1 aromatic carbocycles. The van der Waals surface area contributed by atoms with Gasteiger partial charge in [-0.2, -0.15) is 5.10 Å². The third-order valence-electron chi connectivity index (χ3n) is 2.59. The van der Waals surface area contributed by atoms with Crippen LogP contribution in [0.2, 0.25) is 0 Å². The molecule has 0 aliphatic carbocycles. The predicted molar refractivity (Wildman–Crippen MR) is 78.1 cm³/mol. The number of carbonyl (C=O) groups excluding carboxylic acids is 1. The maximum Gasteiger partial charge on any atom is 0.437 e. The van der Waals surface area contributed by atoms with Gasteiger partial charge in [0.25, 0.3) is 0 Å². The van der Waals surface area contributed by atoms with Crippen molar-refractivity contribution in [1.82, 2.24) is 9.78 Å². The normalized spacial score (nSPS) is 11.3. The van der Waals surface area contributed by atoms with Crippen LogP contribution in [0.5, 0.6) is 0 Å². The molecule has 0 amide bonds. The molecule has 0 saturated heterocycles. The van der Waals surface area contributed by atoms with Crippen LogP contribution in [0, 0.1) is 0 Å². The van der Waals surface area contributed by atoms with Crippen molar-refractivity contribution in [2.45, 2.75) is 26.4 Å². The summed E-state index contributed by atoms with van der Waals surface area (Å²) in [6.45, 7) is 5.35. The van der Waals surface area contributed by atoms with Crippen LogP contribution in [0.4, 0.5) is 16.3 Å². The van der Waals surface area contributed by atoms with Crippen LogP contribution in [0.3, 0.4) is 0 Å². The summed E-state index contributed by atoms with van der Waals surface area (Å²) in [5.41, 5.74) is 13.2. The smallest absolute Gasteiger partial charge is 0.437 e. The highest BCUT2D eigenvalue weighted by Gasteiger charge is 2.21. The first-order chi connectivity index (χ1) is 9.28. The zero-order valence-corrected chi connectivity index (χ0v) is 11.8. The van der Waals surface area contributed by atoms with Gasteiger partial charge < -0.3 is 16.2 Å². The molecule has 4 N–H and O–H groups in total. The molecule has 106 valence electrons. The van der Waals surface area contributed by atoms with Crippen molar-refractivity contribution in [2.75, 3.05) is 11.5 Å². The van der Waals surface area contributed by atoms with Crippen molar-refractivity contribution >= 4 is 17.6 Å². The largest absolute Gasteiger partial charge is 0.442 e. The van der Waals surface area contributed by atoms with Crippen molar-refractivity contribution in [3.05, 3.63) is 30.5 Å². The van der Waals surface area contributed by atoms with Crippen LogP contribution in [0.15, 0.2) is 30.5 Å². The highest BCUT2D eigenvalue weighted by Crippen LogP contribution is 2.26. The minimum Gasteiger partial charge on any atom is -0.442 e. The second-order valence-corrected chi connectivity index (χ2v) is 5.46. The van der Waals surface area contributed by atoms with Gasteiger partial charge in [0.15, 0.2) is 0 Å². The molecule has 0 fully saturated rings. The van der Waals surface area contributed by atoms with Gasteiger partial charge >= 0.3 is 6.09 Å². The van der Waals surface area contributed by atoms with Crippen molar-refractivity contribution in [3.8, 4) is 11.1 Å². The van der Waals surface area contributed by atoms with Crippen LogP contribution in [-0.4, -0.2) is 21.5 Å². The Labute approximate surface area is 117 Å². The number of ether oxygens (including phenoxy) is 1. The fraction of sp³-hybridized carbons (Fsp3) is 0.286. The van der Waals surface area contributed by atoms with E-state index in [4.69, 9.17) is 16.2 Å². The Kier molecular flexibility index (Phi) is 3.40. The third kappa shape index (κ3) is 2.90. The summed E-state index contributed by atoms with van der Waals surface area (Å²) in [6.07, 6.45) is 0.932. The first kappa shape index (κ1) is 13.9. The number of hydrogen-bond donors (Lipinski definition) is 2. The number of anilines is 2. The number of rotatable bonds is 1. The SMILES string of the molecule is CC(C)(C)OC(=O)n1ncc(-c2ccc(N)cc2)c1N. The highest BCUT2D eigenvalue weighted by atomic mass is 16.6. The quantitative estimate of drug-likeness (QED) is 0.779. The first-order valence-corrected chi connectivity index (χ1v) is 6.21. The molecule has 2 aromatic rings. The topological polar surface area (TPSA) is 96.2 Å². The molecule has 0 bridgehead atoms. The maximum absolute atomic E-state index is 12.0. The number of benzene rings is 1. The molecule has 6 heteroatoms. The van der Waals surface area contributed by atoms with E-state index in [1.54, 1.807) is 32.9 Å². The van der Waals surface area contributed by atoms with E-state index in [1.165, 1.54) is 6.20 Å². The van der Waals surface area contributed by atoms with Gasteiger partial charge in [-0.3, -0.25) is 0 Å². The molecular formula is C14H18N4O2. The number of nitrogens with zero attached hydrogens (tertiary/aromatic N) is 2. The molecule has 0 atom stereocenters. The molecule has 0 spiro atoms. The minimum absolute atomic E-state index is 0.240. The van der Waals surface area contributed by atoms with Crippen molar-refractivity contribution < 1.29 is 9.53 Å². The Morgan fingerprint density at radius 1 is 1.20 bits per heavy atom. The lowest BCUT2D eigenvalue weighted by Gasteiger charge is -2.19. The summed E-state index contributed by atoms with van der Waals surface area (Å²) < 4.78 is 6.29. The van der Waals surface area contributed by atoms with Crippen LogP contribution >= 0.6 is 0 Å². The number of aromatic nitrogens is 2. The van der Waals surface area contributed by atoms with Gasteiger partial charge in [-0.25, -0.2) is 4.79 Å². The molecule has 2 rings (SSSR count).